The summed E-state index contributed by atoms with van der Waals surface area (Å²) in [6, 6.07) is 15.3. The van der Waals surface area contributed by atoms with Gasteiger partial charge in [-0.2, -0.15) is 0 Å². The summed E-state index contributed by atoms with van der Waals surface area (Å²) in [5.41, 5.74) is 1.83. The molecule has 0 saturated carbocycles. The maximum atomic E-state index is 12.2. The highest BCUT2D eigenvalue weighted by molar-refractivity contribution is 5.94. The molecule has 2 aromatic carbocycles. The van der Waals surface area contributed by atoms with Crippen LogP contribution in [0.25, 0.3) is 0 Å². The molecule has 1 amide bonds. The maximum absolute atomic E-state index is 12.2. The third kappa shape index (κ3) is 6.14. The molecule has 0 unspecified atom stereocenters. The third-order valence-corrected chi connectivity index (χ3v) is 3.77. The molecule has 0 heterocycles. The van der Waals surface area contributed by atoms with Gasteiger partial charge in [0, 0.05) is 12.1 Å². The summed E-state index contributed by atoms with van der Waals surface area (Å²) in [5, 5.41) is 2.96. The van der Waals surface area contributed by atoms with Crippen LogP contribution >= 0.6 is 0 Å². The standard InChI is InChI=1S/C21H27NO3/c1-3-16-25-20-10-6-5-8-17(20)9-7-15-22-21(23)18-11-13-19(14-12-18)24-4-2/h5-6,8,10-14H,3-4,7,9,15-16H2,1-2H3,(H,22,23). The first-order valence-electron chi connectivity index (χ1n) is 8.96. The fourth-order valence-electron chi connectivity index (χ4n) is 2.52. The first-order valence-corrected chi connectivity index (χ1v) is 8.96. The molecular weight excluding hydrogens is 314 g/mol. The van der Waals surface area contributed by atoms with Crippen LogP contribution in [0.5, 0.6) is 11.5 Å². The highest BCUT2D eigenvalue weighted by Crippen LogP contribution is 2.19. The molecule has 0 aromatic heterocycles. The predicted molar refractivity (Wildman–Crippen MR) is 100 cm³/mol. The van der Waals surface area contributed by atoms with Crippen molar-refractivity contribution in [1.82, 2.24) is 5.32 Å². The Hall–Kier alpha value is -2.49. The van der Waals surface area contributed by atoms with Gasteiger partial charge in [-0.3, -0.25) is 4.79 Å². The van der Waals surface area contributed by atoms with Crippen molar-refractivity contribution < 1.29 is 14.3 Å². The summed E-state index contributed by atoms with van der Waals surface area (Å²) in [7, 11) is 0. The molecule has 0 spiro atoms. The van der Waals surface area contributed by atoms with Crippen molar-refractivity contribution in [2.24, 2.45) is 0 Å². The van der Waals surface area contributed by atoms with Gasteiger partial charge < -0.3 is 14.8 Å². The van der Waals surface area contributed by atoms with Gasteiger partial charge in [0.05, 0.1) is 13.2 Å². The normalized spacial score (nSPS) is 10.3. The summed E-state index contributed by atoms with van der Waals surface area (Å²) in [4.78, 5) is 12.2. The van der Waals surface area contributed by atoms with Gasteiger partial charge in [0.25, 0.3) is 5.91 Å². The van der Waals surface area contributed by atoms with Crippen LogP contribution in [0.3, 0.4) is 0 Å². The lowest BCUT2D eigenvalue weighted by Gasteiger charge is -2.11. The Kier molecular flexibility index (Phi) is 7.83. The zero-order valence-corrected chi connectivity index (χ0v) is 15.1. The van der Waals surface area contributed by atoms with Crippen LogP contribution in [0.4, 0.5) is 0 Å². The van der Waals surface area contributed by atoms with E-state index in [0.717, 1.165) is 37.4 Å². The fourth-order valence-corrected chi connectivity index (χ4v) is 2.52. The van der Waals surface area contributed by atoms with Gasteiger partial charge in [-0.25, -0.2) is 0 Å². The summed E-state index contributed by atoms with van der Waals surface area (Å²) in [6.45, 7) is 6.01. The average Bonchev–Trinajstić information content (AvgIpc) is 2.65. The van der Waals surface area contributed by atoms with E-state index in [9.17, 15) is 4.79 Å². The SMILES string of the molecule is CCCOc1ccccc1CCCNC(=O)c1ccc(OCC)cc1. The highest BCUT2D eigenvalue weighted by atomic mass is 16.5. The van der Waals surface area contributed by atoms with E-state index >= 15 is 0 Å². The molecule has 2 aromatic rings. The zero-order valence-electron chi connectivity index (χ0n) is 15.1. The van der Waals surface area contributed by atoms with Crippen molar-refractivity contribution in [1.29, 1.82) is 0 Å². The Balaban J connectivity index is 1.78. The summed E-state index contributed by atoms with van der Waals surface area (Å²) >= 11 is 0. The van der Waals surface area contributed by atoms with Crippen molar-refractivity contribution in [3.8, 4) is 11.5 Å². The van der Waals surface area contributed by atoms with E-state index in [-0.39, 0.29) is 5.91 Å². The van der Waals surface area contributed by atoms with Crippen molar-refractivity contribution in [2.45, 2.75) is 33.1 Å². The second-order valence-corrected chi connectivity index (χ2v) is 5.77. The predicted octanol–water partition coefficient (Wildman–Crippen LogP) is 4.24. The molecule has 0 aliphatic heterocycles. The lowest BCUT2D eigenvalue weighted by atomic mass is 10.1. The zero-order chi connectivity index (χ0) is 17.9. The minimum atomic E-state index is -0.0569. The fraction of sp³-hybridized carbons (Fsp3) is 0.381. The van der Waals surface area contributed by atoms with Crippen LogP contribution in [0, 0.1) is 0 Å². The van der Waals surface area contributed by atoms with Crippen LogP contribution in [0.2, 0.25) is 0 Å². The lowest BCUT2D eigenvalue weighted by Crippen LogP contribution is -2.24. The molecule has 0 aliphatic carbocycles. The van der Waals surface area contributed by atoms with Gasteiger partial charge >= 0.3 is 0 Å². The quantitative estimate of drug-likeness (QED) is 0.658. The molecule has 4 nitrogen and oxygen atoms in total. The number of amides is 1. The summed E-state index contributed by atoms with van der Waals surface area (Å²) < 4.78 is 11.1. The molecule has 25 heavy (non-hydrogen) atoms. The van der Waals surface area contributed by atoms with Crippen LogP contribution < -0.4 is 14.8 Å². The van der Waals surface area contributed by atoms with E-state index in [1.165, 1.54) is 5.56 Å². The third-order valence-electron chi connectivity index (χ3n) is 3.77. The molecule has 0 atom stereocenters. The van der Waals surface area contributed by atoms with Crippen LogP contribution in [-0.2, 0) is 6.42 Å². The molecule has 1 N–H and O–H groups in total. The van der Waals surface area contributed by atoms with E-state index in [1.807, 2.05) is 37.3 Å². The van der Waals surface area contributed by atoms with Crippen molar-refractivity contribution >= 4 is 5.91 Å². The van der Waals surface area contributed by atoms with Crippen molar-refractivity contribution in [3.63, 3.8) is 0 Å². The number of carbonyl (C=O) groups is 1. The lowest BCUT2D eigenvalue weighted by molar-refractivity contribution is 0.0953. The van der Waals surface area contributed by atoms with Crippen molar-refractivity contribution in [3.05, 3.63) is 59.7 Å². The number of carbonyl (C=O) groups excluding carboxylic acids is 1. The molecule has 134 valence electrons. The molecule has 0 saturated heterocycles. The molecule has 0 fully saturated rings. The molecular formula is C21H27NO3. The molecule has 2 rings (SSSR count). The Bertz CT molecular complexity index is 652. The van der Waals surface area contributed by atoms with Crippen molar-refractivity contribution in [2.75, 3.05) is 19.8 Å². The van der Waals surface area contributed by atoms with Crippen LogP contribution in [0.15, 0.2) is 48.5 Å². The first kappa shape index (κ1) is 18.8. The van der Waals surface area contributed by atoms with E-state index in [2.05, 4.69) is 18.3 Å². The van der Waals surface area contributed by atoms with Gasteiger partial charge in [0.15, 0.2) is 0 Å². The Morgan fingerprint density at radius 2 is 1.76 bits per heavy atom. The maximum Gasteiger partial charge on any atom is 0.251 e. The van der Waals surface area contributed by atoms with Gasteiger partial charge in [-0.05, 0) is 62.1 Å². The molecule has 0 aliphatic rings. The smallest absolute Gasteiger partial charge is 0.251 e. The Morgan fingerprint density at radius 1 is 1.00 bits per heavy atom. The number of rotatable bonds is 10. The van der Waals surface area contributed by atoms with E-state index in [0.29, 0.717) is 18.7 Å². The Labute approximate surface area is 150 Å². The second-order valence-electron chi connectivity index (χ2n) is 5.77. The number of hydrogen-bond acceptors (Lipinski definition) is 3. The molecule has 0 bridgehead atoms. The van der Waals surface area contributed by atoms with Gasteiger partial charge in [-0.15, -0.1) is 0 Å². The van der Waals surface area contributed by atoms with E-state index in [4.69, 9.17) is 9.47 Å². The summed E-state index contributed by atoms with van der Waals surface area (Å²) in [5.74, 6) is 1.67. The topological polar surface area (TPSA) is 47.6 Å². The average molecular weight is 341 g/mol. The molecule has 0 radical (unpaired) electrons. The number of aryl methyl sites for hydroxylation is 1. The van der Waals surface area contributed by atoms with Gasteiger partial charge in [0.2, 0.25) is 0 Å². The summed E-state index contributed by atoms with van der Waals surface area (Å²) in [6.07, 6.45) is 2.74. The number of nitrogens with one attached hydrogen (secondary N) is 1. The van der Waals surface area contributed by atoms with Crippen LogP contribution in [0.1, 0.15) is 42.6 Å². The van der Waals surface area contributed by atoms with Gasteiger partial charge in [0.1, 0.15) is 11.5 Å². The van der Waals surface area contributed by atoms with Gasteiger partial charge in [-0.1, -0.05) is 25.1 Å². The first-order chi connectivity index (χ1) is 12.2. The highest BCUT2D eigenvalue weighted by Gasteiger charge is 2.06. The number of hydrogen-bond donors (Lipinski definition) is 1. The minimum absolute atomic E-state index is 0.0569. The number of ether oxygens (including phenoxy) is 2. The number of benzene rings is 2. The largest absolute Gasteiger partial charge is 0.494 e. The molecule has 4 heteroatoms. The number of para-hydroxylation sites is 1. The second kappa shape index (κ2) is 10.4. The minimum Gasteiger partial charge on any atom is -0.494 e. The Morgan fingerprint density at radius 3 is 2.48 bits per heavy atom. The van der Waals surface area contributed by atoms with E-state index < -0.39 is 0 Å². The van der Waals surface area contributed by atoms with E-state index in [1.54, 1.807) is 12.1 Å². The van der Waals surface area contributed by atoms with Crippen LogP contribution in [-0.4, -0.2) is 25.7 Å². The monoisotopic (exact) mass is 341 g/mol.